The Morgan fingerprint density at radius 3 is 2.94 bits per heavy atom. The minimum Gasteiger partial charge on any atom is -0.271 e. The van der Waals surface area contributed by atoms with Crippen molar-refractivity contribution in [2.24, 2.45) is 24.7 Å². The van der Waals surface area contributed by atoms with E-state index in [1.165, 1.54) is 25.7 Å². The van der Waals surface area contributed by atoms with E-state index in [4.69, 9.17) is 5.84 Å². The lowest BCUT2D eigenvalue weighted by molar-refractivity contribution is 0.346. The van der Waals surface area contributed by atoms with E-state index in [0.29, 0.717) is 12.0 Å². The maximum atomic E-state index is 5.69. The molecule has 2 rings (SSSR count). The summed E-state index contributed by atoms with van der Waals surface area (Å²) in [6.45, 7) is 2.28. The summed E-state index contributed by atoms with van der Waals surface area (Å²) in [6.07, 6.45) is 8.07. The van der Waals surface area contributed by atoms with Crippen LogP contribution < -0.4 is 11.3 Å². The van der Waals surface area contributed by atoms with Crippen LogP contribution in [0.15, 0.2) is 6.20 Å². The summed E-state index contributed by atoms with van der Waals surface area (Å²) in [5.74, 6) is 7.26. The Morgan fingerprint density at radius 1 is 1.59 bits per heavy atom. The third-order valence-electron chi connectivity index (χ3n) is 4.02. The molecule has 0 radical (unpaired) electrons. The van der Waals surface area contributed by atoms with Gasteiger partial charge in [-0.1, -0.05) is 25.0 Å². The highest BCUT2D eigenvalue weighted by Gasteiger charge is 2.29. The van der Waals surface area contributed by atoms with Crippen LogP contribution >= 0.6 is 0 Å². The Labute approximate surface area is 103 Å². The second-order valence-electron chi connectivity index (χ2n) is 5.21. The fourth-order valence-electron chi connectivity index (χ4n) is 2.93. The molecule has 0 bridgehead atoms. The van der Waals surface area contributed by atoms with E-state index in [0.717, 1.165) is 18.0 Å². The van der Waals surface area contributed by atoms with Crippen molar-refractivity contribution in [3.05, 3.63) is 11.9 Å². The summed E-state index contributed by atoms with van der Waals surface area (Å²) in [6, 6.07) is 0.336. The average Bonchev–Trinajstić information content (AvgIpc) is 2.94. The monoisotopic (exact) mass is 237 g/mol. The van der Waals surface area contributed by atoms with Crippen LogP contribution in [0.25, 0.3) is 0 Å². The lowest BCUT2D eigenvalue weighted by Gasteiger charge is -2.21. The van der Waals surface area contributed by atoms with E-state index in [9.17, 15) is 0 Å². The van der Waals surface area contributed by atoms with Gasteiger partial charge in [-0.05, 0) is 24.7 Å². The van der Waals surface area contributed by atoms with Crippen molar-refractivity contribution < 1.29 is 0 Å². The van der Waals surface area contributed by atoms with Crippen LogP contribution in [0.4, 0.5) is 0 Å². The highest BCUT2D eigenvalue weighted by Crippen LogP contribution is 2.35. The molecule has 1 aliphatic rings. The highest BCUT2D eigenvalue weighted by atomic mass is 15.4. The van der Waals surface area contributed by atoms with E-state index >= 15 is 0 Å². The number of hydrogen-bond acceptors (Lipinski definition) is 4. The van der Waals surface area contributed by atoms with Crippen LogP contribution in [0, 0.1) is 11.8 Å². The first-order chi connectivity index (χ1) is 8.22. The van der Waals surface area contributed by atoms with Gasteiger partial charge in [-0.25, -0.2) is 0 Å². The number of nitrogens with zero attached hydrogens (tertiary/aromatic N) is 3. The minimum absolute atomic E-state index is 0.336. The Balaban J connectivity index is 1.93. The second-order valence-corrected chi connectivity index (χ2v) is 5.21. The molecule has 1 heterocycles. The van der Waals surface area contributed by atoms with Crippen molar-refractivity contribution in [1.82, 2.24) is 20.4 Å². The van der Waals surface area contributed by atoms with E-state index < -0.39 is 0 Å². The average molecular weight is 237 g/mol. The van der Waals surface area contributed by atoms with Gasteiger partial charge < -0.3 is 0 Å². The van der Waals surface area contributed by atoms with Gasteiger partial charge in [-0.2, -0.15) is 0 Å². The number of aromatic nitrogens is 3. The maximum Gasteiger partial charge on any atom is 0.0843 e. The largest absolute Gasteiger partial charge is 0.271 e. The third-order valence-corrected chi connectivity index (χ3v) is 4.02. The quantitative estimate of drug-likeness (QED) is 0.592. The molecule has 5 heteroatoms. The highest BCUT2D eigenvalue weighted by molar-refractivity contribution is 4.98. The molecule has 1 saturated carbocycles. The fourth-order valence-corrected chi connectivity index (χ4v) is 2.93. The van der Waals surface area contributed by atoms with Crippen molar-refractivity contribution in [2.45, 2.75) is 45.1 Å². The molecule has 1 fully saturated rings. The predicted octanol–water partition coefficient (Wildman–Crippen LogP) is 1.02. The molecule has 1 aliphatic carbocycles. The number of hydrazine groups is 1. The SMILES string of the molecule is CCC1CCC(C(Cc2cn(C)nn2)NN)C1. The van der Waals surface area contributed by atoms with E-state index in [1.54, 1.807) is 4.68 Å². The van der Waals surface area contributed by atoms with Crippen LogP contribution in [-0.2, 0) is 13.5 Å². The zero-order chi connectivity index (χ0) is 12.3. The molecule has 96 valence electrons. The first kappa shape index (κ1) is 12.5. The Morgan fingerprint density at radius 2 is 2.41 bits per heavy atom. The summed E-state index contributed by atoms with van der Waals surface area (Å²) in [4.78, 5) is 0. The number of hydrogen-bond donors (Lipinski definition) is 2. The molecular weight excluding hydrogens is 214 g/mol. The Bertz CT molecular complexity index is 348. The van der Waals surface area contributed by atoms with E-state index in [1.807, 2.05) is 13.2 Å². The van der Waals surface area contributed by atoms with Crippen molar-refractivity contribution in [3.8, 4) is 0 Å². The van der Waals surface area contributed by atoms with Gasteiger partial charge in [0.25, 0.3) is 0 Å². The van der Waals surface area contributed by atoms with Crippen LogP contribution in [0.3, 0.4) is 0 Å². The van der Waals surface area contributed by atoms with Gasteiger partial charge in [0.2, 0.25) is 0 Å². The van der Waals surface area contributed by atoms with Crippen molar-refractivity contribution >= 4 is 0 Å². The molecule has 0 aromatic carbocycles. The molecule has 1 aromatic heterocycles. The van der Waals surface area contributed by atoms with Gasteiger partial charge >= 0.3 is 0 Å². The zero-order valence-electron chi connectivity index (χ0n) is 10.8. The Hall–Kier alpha value is -0.940. The number of aryl methyl sites for hydroxylation is 1. The Kier molecular flexibility index (Phi) is 4.12. The summed E-state index contributed by atoms with van der Waals surface area (Å²) >= 11 is 0. The van der Waals surface area contributed by atoms with Crippen molar-refractivity contribution in [3.63, 3.8) is 0 Å². The first-order valence-electron chi connectivity index (χ1n) is 6.54. The van der Waals surface area contributed by atoms with Crippen molar-refractivity contribution in [1.29, 1.82) is 0 Å². The van der Waals surface area contributed by atoms with Gasteiger partial charge in [0.15, 0.2) is 0 Å². The van der Waals surface area contributed by atoms with E-state index in [-0.39, 0.29) is 0 Å². The molecule has 0 saturated heterocycles. The molecule has 0 aliphatic heterocycles. The molecule has 17 heavy (non-hydrogen) atoms. The fraction of sp³-hybridized carbons (Fsp3) is 0.833. The summed E-state index contributed by atoms with van der Waals surface area (Å²) in [7, 11) is 1.89. The molecule has 0 spiro atoms. The molecular formula is C12H23N5. The molecule has 3 unspecified atom stereocenters. The number of nitrogens with two attached hydrogens (primary N) is 1. The number of nitrogens with one attached hydrogen (secondary N) is 1. The lowest BCUT2D eigenvalue weighted by Crippen LogP contribution is -2.41. The van der Waals surface area contributed by atoms with Crippen molar-refractivity contribution in [2.75, 3.05) is 0 Å². The molecule has 3 N–H and O–H groups in total. The predicted molar refractivity (Wildman–Crippen MR) is 66.9 cm³/mol. The van der Waals surface area contributed by atoms with Gasteiger partial charge in [0, 0.05) is 25.7 Å². The first-order valence-corrected chi connectivity index (χ1v) is 6.54. The van der Waals surface area contributed by atoms with Gasteiger partial charge in [-0.15, -0.1) is 5.10 Å². The third kappa shape index (κ3) is 3.04. The molecule has 5 nitrogen and oxygen atoms in total. The number of rotatable bonds is 5. The van der Waals surface area contributed by atoms with Crippen LogP contribution in [0.2, 0.25) is 0 Å². The smallest absolute Gasteiger partial charge is 0.0843 e. The molecule has 3 atom stereocenters. The van der Waals surface area contributed by atoms with Gasteiger partial charge in [0.1, 0.15) is 0 Å². The zero-order valence-corrected chi connectivity index (χ0v) is 10.8. The summed E-state index contributed by atoms with van der Waals surface area (Å²) in [5.41, 5.74) is 3.99. The molecule has 1 aromatic rings. The standard InChI is InChI=1S/C12H23N5/c1-3-9-4-5-10(6-9)12(14-13)7-11-8-17(2)16-15-11/h8-10,12,14H,3-7,13H2,1-2H3. The topological polar surface area (TPSA) is 68.8 Å². The second kappa shape index (κ2) is 5.60. The lowest BCUT2D eigenvalue weighted by atomic mass is 9.93. The summed E-state index contributed by atoms with van der Waals surface area (Å²) < 4.78 is 1.74. The van der Waals surface area contributed by atoms with Crippen LogP contribution in [0.5, 0.6) is 0 Å². The normalized spacial score (nSPS) is 26.3. The minimum atomic E-state index is 0.336. The van der Waals surface area contributed by atoms with Gasteiger partial charge in [0.05, 0.1) is 5.69 Å². The van der Waals surface area contributed by atoms with Gasteiger partial charge in [-0.3, -0.25) is 16.0 Å². The van der Waals surface area contributed by atoms with Crippen LogP contribution in [-0.4, -0.2) is 21.0 Å². The molecule has 0 amide bonds. The summed E-state index contributed by atoms with van der Waals surface area (Å²) in [5, 5.41) is 8.09. The van der Waals surface area contributed by atoms with E-state index in [2.05, 4.69) is 22.7 Å². The van der Waals surface area contributed by atoms with Crippen LogP contribution in [0.1, 0.15) is 38.3 Å². The maximum absolute atomic E-state index is 5.69.